The van der Waals surface area contributed by atoms with Gasteiger partial charge in [-0.05, 0) is 56.2 Å². The molecule has 0 N–H and O–H groups in total. The van der Waals surface area contributed by atoms with Crippen LogP contribution in [0, 0.1) is 0 Å². The summed E-state index contributed by atoms with van der Waals surface area (Å²) in [5.41, 5.74) is 3.31. The molecular weight excluding hydrogens is 356 g/mol. The smallest absolute Gasteiger partial charge is 0.255 e. The minimum Gasteiger partial charge on any atom is -0.497 e. The minimum atomic E-state index is -0.476. The van der Waals surface area contributed by atoms with Crippen molar-refractivity contribution < 1.29 is 9.53 Å². The summed E-state index contributed by atoms with van der Waals surface area (Å²) in [5.74, 6) is 0.844. The quantitative estimate of drug-likeness (QED) is 0.651. The summed E-state index contributed by atoms with van der Waals surface area (Å²) in [7, 11) is 1.64. The topological polar surface area (TPSA) is 42.4 Å². The lowest BCUT2D eigenvalue weighted by Gasteiger charge is -2.34. The third kappa shape index (κ3) is 2.92. The average Bonchev–Trinajstić information content (AvgIpc) is 3.23. The van der Waals surface area contributed by atoms with Crippen LogP contribution in [0.15, 0.2) is 54.1 Å². The number of amides is 1. The second-order valence-electron chi connectivity index (χ2n) is 7.32. The van der Waals surface area contributed by atoms with Gasteiger partial charge in [0.15, 0.2) is 0 Å². The van der Waals surface area contributed by atoms with E-state index in [0.29, 0.717) is 6.54 Å². The molecule has 0 atom stereocenters. The molecule has 1 aromatic heterocycles. The van der Waals surface area contributed by atoms with E-state index in [4.69, 9.17) is 9.72 Å². The zero-order valence-electron chi connectivity index (χ0n) is 15.9. The van der Waals surface area contributed by atoms with E-state index in [1.165, 1.54) is 0 Å². The van der Waals surface area contributed by atoms with Crippen LogP contribution >= 0.6 is 11.3 Å². The zero-order valence-corrected chi connectivity index (χ0v) is 16.8. The first-order valence-corrected chi connectivity index (χ1v) is 9.75. The Bertz CT molecular complexity index is 1010. The number of ether oxygens (including phenoxy) is 1. The van der Waals surface area contributed by atoms with Gasteiger partial charge in [-0.2, -0.15) is 0 Å². The molecule has 0 fully saturated rings. The third-order valence-corrected chi connectivity index (χ3v) is 6.50. The minimum absolute atomic E-state index is 0.0573. The fourth-order valence-corrected chi connectivity index (χ4v) is 4.61. The molecule has 138 valence electrons. The van der Waals surface area contributed by atoms with Gasteiger partial charge in [0.05, 0.1) is 22.9 Å². The number of benzene rings is 2. The van der Waals surface area contributed by atoms with Gasteiger partial charge in [-0.15, -0.1) is 11.3 Å². The predicted octanol–water partition coefficient (Wildman–Crippen LogP) is 4.86. The maximum absolute atomic E-state index is 13.3. The molecule has 27 heavy (non-hydrogen) atoms. The van der Waals surface area contributed by atoms with Crippen molar-refractivity contribution in [2.45, 2.75) is 26.3 Å². The Labute approximate surface area is 163 Å². The Balaban J connectivity index is 1.67. The highest BCUT2D eigenvalue weighted by atomic mass is 32.1. The van der Waals surface area contributed by atoms with Gasteiger partial charge in [0, 0.05) is 12.1 Å². The number of nitrogens with zero attached hydrogens (tertiary/aromatic N) is 2. The predicted molar refractivity (Wildman–Crippen MR) is 110 cm³/mol. The molecule has 2 aromatic carbocycles. The van der Waals surface area contributed by atoms with Crippen molar-refractivity contribution in [3.8, 4) is 5.75 Å². The van der Waals surface area contributed by atoms with E-state index >= 15 is 0 Å². The summed E-state index contributed by atoms with van der Waals surface area (Å²) < 4.78 is 6.37. The Morgan fingerprint density at radius 3 is 2.48 bits per heavy atom. The first-order chi connectivity index (χ1) is 12.9. The maximum Gasteiger partial charge on any atom is 0.255 e. The van der Waals surface area contributed by atoms with Crippen LogP contribution in [0.2, 0.25) is 0 Å². The summed E-state index contributed by atoms with van der Waals surface area (Å²) in [5, 5.41) is 0.959. The van der Waals surface area contributed by atoms with E-state index in [-0.39, 0.29) is 5.91 Å². The van der Waals surface area contributed by atoms with E-state index < -0.39 is 5.54 Å². The molecule has 0 saturated carbocycles. The second kappa shape index (κ2) is 6.50. The Morgan fingerprint density at radius 2 is 1.81 bits per heavy atom. The zero-order chi connectivity index (χ0) is 19.2. The van der Waals surface area contributed by atoms with Crippen LogP contribution in [0.25, 0.3) is 15.8 Å². The van der Waals surface area contributed by atoms with Gasteiger partial charge >= 0.3 is 0 Å². The number of rotatable bonds is 4. The van der Waals surface area contributed by atoms with Gasteiger partial charge in [0.25, 0.3) is 5.91 Å². The molecule has 0 unspecified atom stereocenters. The molecule has 0 bridgehead atoms. The van der Waals surface area contributed by atoms with Crippen LogP contribution in [0.4, 0.5) is 0 Å². The molecule has 1 amide bonds. The highest BCUT2D eigenvalue weighted by Crippen LogP contribution is 2.40. The van der Waals surface area contributed by atoms with Gasteiger partial charge in [-0.3, -0.25) is 4.79 Å². The number of para-hydroxylation sites is 1. The van der Waals surface area contributed by atoms with E-state index in [0.717, 1.165) is 37.7 Å². The monoisotopic (exact) mass is 378 g/mol. The van der Waals surface area contributed by atoms with Gasteiger partial charge < -0.3 is 9.64 Å². The lowest BCUT2D eigenvalue weighted by Crippen LogP contribution is -2.43. The van der Waals surface area contributed by atoms with Crippen molar-refractivity contribution in [1.29, 1.82) is 0 Å². The molecule has 2 heterocycles. The molecule has 1 aliphatic heterocycles. The first kappa shape index (κ1) is 17.7. The van der Waals surface area contributed by atoms with Crippen molar-refractivity contribution in [2.24, 2.45) is 0 Å². The number of hydrogen-bond acceptors (Lipinski definition) is 4. The van der Waals surface area contributed by atoms with Crippen molar-refractivity contribution in [3.63, 3.8) is 0 Å². The summed E-state index contributed by atoms with van der Waals surface area (Å²) in [6.07, 6.45) is 0. The molecule has 0 aliphatic carbocycles. The molecule has 0 radical (unpaired) electrons. The molecule has 0 saturated heterocycles. The van der Waals surface area contributed by atoms with Gasteiger partial charge in [-0.25, -0.2) is 4.98 Å². The summed E-state index contributed by atoms with van der Waals surface area (Å²) in [6.45, 7) is 6.80. The van der Waals surface area contributed by atoms with Crippen LogP contribution in [-0.2, 0) is 10.3 Å². The molecule has 3 aromatic rings. The third-order valence-electron chi connectivity index (χ3n) is 5.15. The summed E-state index contributed by atoms with van der Waals surface area (Å²) in [4.78, 5) is 20.0. The standard InChI is InChI=1S/C22H22N2O2S/c1-14-13-24(20(25)19(14)15-9-11-16(26-4)12-10-15)22(2,3)21-23-17-7-5-6-8-18(17)27-21/h5-12H,13H2,1-4H3. The highest BCUT2D eigenvalue weighted by molar-refractivity contribution is 7.18. The summed E-state index contributed by atoms with van der Waals surface area (Å²) >= 11 is 1.66. The SMILES string of the molecule is COc1ccc(C2=C(C)CN(C(C)(C)c3nc4ccccc4s3)C2=O)cc1. The fourth-order valence-electron chi connectivity index (χ4n) is 3.53. The van der Waals surface area contributed by atoms with E-state index in [9.17, 15) is 4.79 Å². The van der Waals surface area contributed by atoms with Crippen LogP contribution in [0.1, 0.15) is 31.3 Å². The largest absolute Gasteiger partial charge is 0.497 e. The molecule has 1 aliphatic rings. The lowest BCUT2D eigenvalue weighted by atomic mass is 10.0. The van der Waals surface area contributed by atoms with Crippen LogP contribution in [0.5, 0.6) is 5.75 Å². The van der Waals surface area contributed by atoms with Crippen LogP contribution < -0.4 is 4.74 Å². The van der Waals surface area contributed by atoms with Crippen molar-refractivity contribution in [2.75, 3.05) is 13.7 Å². The molecular formula is C22H22N2O2S. The number of carbonyl (C=O) groups excluding carboxylic acids is 1. The van der Waals surface area contributed by atoms with Crippen molar-refractivity contribution in [1.82, 2.24) is 9.88 Å². The molecule has 4 rings (SSSR count). The van der Waals surface area contributed by atoms with Crippen molar-refractivity contribution >= 4 is 33.0 Å². The van der Waals surface area contributed by atoms with Gasteiger partial charge in [0.1, 0.15) is 10.8 Å². The number of thiazole rings is 1. The number of carbonyl (C=O) groups is 1. The van der Waals surface area contributed by atoms with Gasteiger partial charge in [0.2, 0.25) is 0 Å². The number of fused-ring (bicyclic) bond motifs is 1. The van der Waals surface area contributed by atoms with Crippen LogP contribution in [-0.4, -0.2) is 29.4 Å². The lowest BCUT2D eigenvalue weighted by molar-refractivity contribution is -0.128. The number of aromatic nitrogens is 1. The summed E-state index contributed by atoms with van der Waals surface area (Å²) in [6, 6.07) is 15.8. The van der Waals surface area contributed by atoms with Gasteiger partial charge in [-0.1, -0.05) is 24.3 Å². The Hall–Kier alpha value is -2.66. The Morgan fingerprint density at radius 1 is 1.11 bits per heavy atom. The van der Waals surface area contributed by atoms with Crippen LogP contribution in [0.3, 0.4) is 0 Å². The highest BCUT2D eigenvalue weighted by Gasteiger charge is 2.41. The number of hydrogen-bond donors (Lipinski definition) is 0. The average molecular weight is 378 g/mol. The maximum atomic E-state index is 13.3. The first-order valence-electron chi connectivity index (χ1n) is 8.94. The molecule has 5 heteroatoms. The second-order valence-corrected chi connectivity index (χ2v) is 8.35. The van der Waals surface area contributed by atoms with E-state index in [2.05, 4.69) is 19.9 Å². The van der Waals surface area contributed by atoms with E-state index in [1.807, 2.05) is 54.3 Å². The fraction of sp³-hybridized carbons (Fsp3) is 0.273. The normalized spacial score (nSPS) is 15.1. The number of methoxy groups -OCH3 is 1. The Kier molecular flexibility index (Phi) is 4.27. The molecule has 4 nitrogen and oxygen atoms in total. The molecule has 0 spiro atoms. The van der Waals surface area contributed by atoms with Crippen molar-refractivity contribution in [3.05, 3.63) is 64.7 Å². The van der Waals surface area contributed by atoms with E-state index in [1.54, 1.807) is 18.4 Å².